The molecule has 0 bridgehead atoms. The quantitative estimate of drug-likeness (QED) is 0.469. The largest absolute Gasteiger partial charge is 0.350 e. The van der Waals surface area contributed by atoms with Crippen molar-refractivity contribution in [1.29, 1.82) is 0 Å². The summed E-state index contributed by atoms with van der Waals surface area (Å²) in [5, 5.41) is 0.694. The zero-order chi connectivity index (χ0) is 23.3. The van der Waals surface area contributed by atoms with Gasteiger partial charge in [0.1, 0.15) is 5.52 Å². The molecule has 0 spiro atoms. The number of rotatable bonds is 3. The number of nitrogens with zero attached hydrogens (tertiary/aromatic N) is 3. The van der Waals surface area contributed by atoms with Crippen LogP contribution < -0.4 is 16.7 Å². The maximum Gasteiger partial charge on any atom is 0.274 e. The minimum absolute atomic E-state index is 0.141. The van der Waals surface area contributed by atoms with Gasteiger partial charge < -0.3 is 18.7 Å². The predicted molar refractivity (Wildman–Crippen MR) is 130 cm³/mol. The van der Waals surface area contributed by atoms with Gasteiger partial charge in [-0.2, -0.15) is 0 Å². The maximum atomic E-state index is 13.0. The summed E-state index contributed by atoms with van der Waals surface area (Å²) in [4.78, 5) is 40.9. The van der Waals surface area contributed by atoms with Crippen molar-refractivity contribution in [3.63, 3.8) is 0 Å². The van der Waals surface area contributed by atoms with Crippen LogP contribution in [0.15, 0.2) is 87.6 Å². The number of H-pyrrole nitrogens is 1. The van der Waals surface area contributed by atoms with E-state index in [-0.39, 0.29) is 16.7 Å². The predicted octanol–water partition coefficient (Wildman–Crippen LogP) is 3.27. The van der Waals surface area contributed by atoms with Gasteiger partial charge in [0.15, 0.2) is 0 Å². The highest BCUT2D eigenvalue weighted by molar-refractivity contribution is 6.00. The number of fused-ring (bicyclic) bond motifs is 1. The summed E-state index contributed by atoms with van der Waals surface area (Å²) in [7, 11) is 5.10. The molecule has 1 aromatic carbocycles. The normalized spacial score (nSPS) is 11.2. The first-order chi connectivity index (χ1) is 15.8. The number of hydrogen-bond acceptors (Lipinski definition) is 3. The van der Waals surface area contributed by atoms with Gasteiger partial charge in [0.2, 0.25) is 0 Å². The summed E-state index contributed by atoms with van der Waals surface area (Å²) in [5.41, 5.74) is 4.65. The van der Waals surface area contributed by atoms with E-state index in [4.69, 9.17) is 0 Å². The molecule has 0 radical (unpaired) electrons. The van der Waals surface area contributed by atoms with Crippen LogP contribution in [-0.2, 0) is 21.1 Å². The lowest BCUT2D eigenvalue weighted by atomic mass is 9.95. The first kappa shape index (κ1) is 20.5. The molecule has 1 N–H and O–H groups in total. The molecule has 164 valence electrons. The number of benzene rings is 1. The molecule has 0 unspecified atom stereocenters. The number of aromatic amines is 1. The van der Waals surface area contributed by atoms with Crippen LogP contribution in [0.4, 0.5) is 0 Å². The Kier molecular flexibility index (Phi) is 4.74. The van der Waals surface area contributed by atoms with Crippen LogP contribution in [0.1, 0.15) is 0 Å². The Bertz CT molecular complexity index is 1700. The van der Waals surface area contributed by atoms with Crippen molar-refractivity contribution in [2.75, 3.05) is 0 Å². The van der Waals surface area contributed by atoms with E-state index in [0.29, 0.717) is 22.2 Å². The van der Waals surface area contributed by atoms with Crippen LogP contribution in [0, 0.1) is 0 Å². The number of aromatic nitrogens is 4. The molecule has 0 amide bonds. The highest BCUT2D eigenvalue weighted by atomic mass is 16.1. The minimum atomic E-state index is -0.186. The fourth-order valence-corrected chi connectivity index (χ4v) is 4.12. The van der Waals surface area contributed by atoms with E-state index >= 15 is 0 Å². The van der Waals surface area contributed by atoms with Crippen molar-refractivity contribution in [3.8, 4) is 33.5 Å². The summed E-state index contributed by atoms with van der Waals surface area (Å²) >= 11 is 0. The lowest BCUT2D eigenvalue weighted by Crippen LogP contribution is -2.18. The molecule has 5 rings (SSSR count). The second-order valence-corrected chi connectivity index (χ2v) is 8.21. The summed E-state index contributed by atoms with van der Waals surface area (Å²) in [5.74, 6) is 0. The van der Waals surface area contributed by atoms with Gasteiger partial charge in [-0.1, -0.05) is 30.3 Å². The SMILES string of the molecule is Cn1ccc(-c2cc3c(-c4cc(=O)n(C)cc4-c4ccccc4)cn(C)c(=O)c3[nH]2)cc1=O. The van der Waals surface area contributed by atoms with E-state index in [1.165, 1.54) is 15.2 Å². The van der Waals surface area contributed by atoms with Gasteiger partial charge in [0, 0.05) is 79.6 Å². The number of pyridine rings is 3. The lowest BCUT2D eigenvalue weighted by molar-refractivity contribution is 0.860. The smallest absolute Gasteiger partial charge is 0.274 e. The van der Waals surface area contributed by atoms with Crippen molar-refractivity contribution < 1.29 is 0 Å². The standard InChI is InChI=1S/C26H22N4O3/c1-28-10-9-17(11-23(28)31)22-12-19-21(15-30(3)26(33)25(19)27-22)18-13-24(32)29(2)14-20(18)16-7-5-4-6-8-16/h4-15,27H,1-3H3. The number of aryl methyl sites for hydroxylation is 3. The van der Waals surface area contributed by atoms with E-state index in [2.05, 4.69) is 4.98 Å². The molecule has 0 atom stereocenters. The Hall–Kier alpha value is -4.39. The highest BCUT2D eigenvalue weighted by Gasteiger charge is 2.18. The van der Waals surface area contributed by atoms with E-state index in [9.17, 15) is 14.4 Å². The maximum absolute atomic E-state index is 13.0. The Balaban J connectivity index is 1.84. The minimum Gasteiger partial charge on any atom is -0.350 e. The zero-order valence-electron chi connectivity index (χ0n) is 18.5. The molecule has 0 aliphatic carbocycles. The summed E-state index contributed by atoms with van der Waals surface area (Å²) in [6.45, 7) is 0. The third-order valence-electron chi connectivity index (χ3n) is 5.98. The van der Waals surface area contributed by atoms with Gasteiger partial charge in [-0.25, -0.2) is 0 Å². The fraction of sp³-hybridized carbons (Fsp3) is 0.115. The first-order valence-corrected chi connectivity index (χ1v) is 10.5. The van der Waals surface area contributed by atoms with E-state index in [1.54, 1.807) is 44.2 Å². The van der Waals surface area contributed by atoms with Gasteiger partial charge in [0.05, 0.1) is 0 Å². The van der Waals surface area contributed by atoms with Gasteiger partial charge in [-0.3, -0.25) is 14.4 Å². The first-order valence-electron chi connectivity index (χ1n) is 10.5. The molecule has 33 heavy (non-hydrogen) atoms. The van der Waals surface area contributed by atoms with Crippen LogP contribution in [0.25, 0.3) is 44.4 Å². The van der Waals surface area contributed by atoms with Crippen molar-refractivity contribution in [2.45, 2.75) is 0 Å². The Labute approximate surface area is 188 Å². The van der Waals surface area contributed by atoms with Crippen molar-refractivity contribution in [3.05, 3.63) is 104 Å². The van der Waals surface area contributed by atoms with E-state index in [1.807, 2.05) is 48.7 Å². The van der Waals surface area contributed by atoms with Crippen molar-refractivity contribution in [2.24, 2.45) is 21.1 Å². The van der Waals surface area contributed by atoms with E-state index < -0.39 is 0 Å². The monoisotopic (exact) mass is 438 g/mol. The second kappa shape index (κ2) is 7.63. The molecule has 7 heteroatoms. The number of nitrogens with one attached hydrogen (secondary N) is 1. The third-order valence-corrected chi connectivity index (χ3v) is 5.98. The summed E-state index contributed by atoms with van der Waals surface area (Å²) < 4.78 is 4.55. The molecule has 0 saturated heterocycles. The molecule has 0 aliphatic rings. The average molecular weight is 438 g/mol. The second-order valence-electron chi connectivity index (χ2n) is 8.21. The van der Waals surface area contributed by atoms with Crippen LogP contribution in [0.2, 0.25) is 0 Å². The summed E-state index contributed by atoms with van der Waals surface area (Å²) in [6, 6.07) is 16.6. The molecule has 4 aromatic heterocycles. The fourth-order valence-electron chi connectivity index (χ4n) is 4.12. The zero-order valence-corrected chi connectivity index (χ0v) is 18.5. The molecular weight excluding hydrogens is 416 g/mol. The van der Waals surface area contributed by atoms with Crippen LogP contribution >= 0.6 is 0 Å². The highest BCUT2D eigenvalue weighted by Crippen LogP contribution is 2.35. The van der Waals surface area contributed by atoms with Gasteiger partial charge in [-0.05, 0) is 23.3 Å². The lowest BCUT2D eigenvalue weighted by Gasteiger charge is -2.14. The van der Waals surface area contributed by atoms with Crippen molar-refractivity contribution >= 4 is 10.9 Å². The third kappa shape index (κ3) is 3.43. The molecule has 0 fully saturated rings. The Morgan fingerprint density at radius 3 is 2.09 bits per heavy atom. The molecule has 0 aliphatic heterocycles. The van der Waals surface area contributed by atoms with Gasteiger partial charge in [0.25, 0.3) is 16.7 Å². The summed E-state index contributed by atoms with van der Waals surface area (Å²) in [6.07, 6.45) is 5.27. The van der Waals surface area contributed by atoms with Crippen LogP contribution in [0.3, 0.4) is 0 Å². The molecule has 7 nitrogen and oxygen atoms in total. The van der Waals surface area contributed by atoms with Crippen LogP contribution in [0.5, 0.6) is 0 Å². The number of hydrogen-bond donors (Lipinski definition) is 1. The molecular formula is C26H22N4O3. The molecule has 5 aromatic rings. The van der Waals surface area contributed by atoms with Gasteiger partial charge >= 0.3 is 0 Å². The van der Waals surface area contributed by atoms with E-state index in [0.717, 1.165) is 22.3 Å². The topological polar surface area (TPSA) is 81.8 Å². The van der Waals surface area contributed by atoms with Crippen molar-refractivity contribution in [1.82, 2.24) is 18.7 Å². The van der Waals surface area contributed by atoms with Crippen LogP contribution in [-0.4, -0.2) is 18.7 Å². The average Bonchev–Trinajstić information content (AvgIpc) is 3.26. The molecule has 4 heterocycles. The Morgan fingerprint density at radius 1 is 0.667 bits per heavy atom. The van der Waals surface area contributed by atoms with Gasteiger partial charge in [-0.15, -0.1) is 0 Å². The molecule has 0 saturated carbocycles. The Morgan fingerprint density at radius 2 is 1.36 bits per heavy atom.